The number of benzene rings is 1. The van der Waals surface area contributed by atoms with Crippen LogP contribution in [0.3, 0.4) is 0 Å². The highest BCUT2D eigenvalue weighted by Gasteiger charge is 2.38. The van der Waals surface area contributed by atoms with Crippen molar-refractivity contribution in [1.82, 2.24) is 10.2 Å². The van der Waals surface area contributed by atoms with Gasteiger partial charge in [-0.05, 0) is 59.3 Å². The molecular weight excluding hydrogens is 359 g/mol. The van der Waals surface area contributed by atoms with Crippen LogP contribution < -0.4 is 5.32 Å². The summed E-state index contributed by atoms with van der Waals surface area (Å²) in [5.74, 6) is -0.650. The zero-order chi connectivity index (χ0) is 14.2. The van der Waals surface area contributed by atoms with Gasteiger partial charge in [0.05, 0.1) is 5.56 Å². The molecule has 3 nitrogen and oxygen atoms in total. The second kappa shape index (κ2) is 6.63. The molecule has 3 rings (SSSR count). The topological polar surface area (TPSA) is 32.3 Å². The van der Waals surface area contributed by atoms with Crippen LogP contribution in [0, 0.1) is 11.2 Å². The highest BCUT2D eigenvalue weighted by molar-refractivity contribution is 9.10. The van der Waals surface area contributed by atoms with Crippen molar-refractivity contribution >= 4 is 34.2 Å². The maximum Gasteiger partial charge on any atom is 0.257 e. The lowest BCUT2D eigenvalue weighted by molar-refractivity contribution is 0.0602. The van der Waals surface area contributed by atoms with Gasteiger partial charge in [-0.2, -0.15) is 0 Å². The van der Waals surface area contributed by atoms with Gasteiger partial charge in [-0.3, -0.25) is 4.79 Å². The van der Waals surface area contributed by atoms with E-state index in [0.29, 0.717) is 9.89 Å². The zero-order valence-electron chi connectivity index (χ0n) is 11.7. The van der Waals surface area contributed by atoms with E-state index in [2.05, 4.69) is 21.2 Å². The van der Waals surface area contributed by atoms with E-state index in [1.54, 1.807) is 17.0 Å². The number of hydrogen-bond donors (Lipinski definition) is 1. The monoisotopic (exact) mass is 376 g/mol. The second-order valence-corrected chi connectivity index (χ2v) is 6.67. The van der Waals surface area contributed by atoms with Crippen molar-refractivity contribution in [3.05, 3.63) is 34.1 Å². The molecule has 2 aliphatic heterocycles. The minimum atomic E-state index is -0.452. The third-order valence-corrected chi connectivity index (χ3v) is 5.28. The van der Waals surface area contributed by atoms with E-state index < -0.39 is 5.82 Å². The van der Waals surface area contributed by atoms with Crippen LogP contribution in [0.1, 0.15) is 29.6 Å². The van der Waals surface area contributed by atoms with E-state index in [-0.39, 0.29) is 23.9 Å². The number of piperidine rings is 1. The van der Waals surface area contributed by atoms with E-state index in [0.717, 1.165) is 39.0 Å². The molecule has 0 bridgehead atoms. The molecular formula is C15H19BrClFN2O. The molecule has 2 aliphatic rings. The molecule has 2 heterocycles. The molecule has 21 heavy (non-hydrogen) atoms. The minimum Gasteiger partial charge on any atom is -0.338 e. The first-order chi connectivity index (χ1) is 9.61. The fraction of sp³-hybridized carbons (Fsp3) is 0.533. The standard InChI is InChI=1S/C15H18BrFN2O.ClH/c16-11-2-1-3-12(17)13(11)14(20)19-8-5-15(6-9-19)4-7-18-10-15;/h1-3,18H,4-10H2;1H. The molecule has 1 aromatic rings. The average Bonchev–Trinajstić information content (AvgIpc) is 2.87. The quantitative estimate of drug-likeness (QED) is 0.815. The summed E-state index contributed by atoms with van der Waals surface area (Å²) in [6.45, 7) is 3.58. The van der Waals surface area contributed by atoms with Crippen LogP contribution in [0.25, 0.3) is 0 Å². The normalized spacial score (nSPS) is 20.4. The molecule has 0 atom stereocenters. The van der Waals surface area contributed by atoms with E-state index in [9.17, 15) is 9.18 Å². The number of amides is 1. The van der Waals surface area contributed by atoms with Gasteiger partial charge in [-0.25, -0.2) is 4.39 Å². The number of carbonyl (C=O) groups is 1. The predicted octanol–water partition coefficient (Wildman–Crippen LogP) is 3.23. The van der Waals surface area contributed by atoms with Crippen LogP contribution in [-0.4, -0.2) is 37.0 Å². The van der Waals surface area contributed by atoms with Gasteiger partial charge in [0.15, 0.2) is 0 Å². The minimum absolute atomic E-state index is 0. The Morgan fingerprint density at radius 3 is 2.57 bits per heavy atom. The SMILES string of the molecule is Cl.O=C(c1c(F)cccc1Br)N1CCC2(CCNC2)CC1. The summed E-state index contributed by atoms with van der Waals surface area (Å²) in [4.78, 5) is 14.3. The Morgan fingerprint density at radius 2 is 2.00 bits per heavy atom. The van der Waals surface area contributed by atoms with Crippen molar-refractivity contribution in [1.29, 1.82) is 0 Å². The largest absolute Gasteiger partial charge is 0.338 e. The molecule has 0 unspecified atom stereocenters. The van der Waals surface area contributed by atoms with Gasteiger partial charge in [0, 0.05) is 24.1 Å². The Hall–Kier alpha value is -0.650. The molecule has 1 aromatic carbocycles. The van der Waals surface area contributed by atoms with E-state index >= 15 is 0 Å². The van der Waals surface area contributed by atoms with Crippen molar-refractivity contribution in [2.45, 2.75) is 19.3 Å². The Morgan fingerprint density at radius 1 is 1.29 bits per heavy atom. The lowest BCUT2D eigenvalue weighted by Crippen LogP contribution is -2.44. The van der Waals surface area contributed by atoms with Gasteiger partial charge >= 0.3 is 0 Å². The molecule has 0 aliphatic carbocycles. The van der Waals surface area contributed by atoms with E-state index in [4.69, 9.17) is 0 Å². The highest BCUT2D eigenvalue weighted by atomic mass is 79.9. The van der Waals surface area contributed by atoms with Crippen LogP contribution in [0.2, 0.25) is 0 Å². The fourth-order valence-corrected chi connectivity index (χ4v) is 3.78. The second-order valence-electron chi connectivity index (χ2n) is 5.82. The van der Waals surface area contributed by atoms with Crippen molar-refractivity contribution in [3.63, 3.8) is 0 Å². The van der Waals surface area contributed by atoms with Gasteiger partial charge in [0.2, 0.25) is 0 Å². The summed E-state index contributed by atoms with van der Waals surface area (Å²) < 4.78 is 14.4. The molecule has 0 saturated carbocycles. The van der Waals surface area contributed by atoms with Crippen LogP contribution in [-0.2, 0) is 0 Å². The van der Waals surface area contributed by atoms with Gasteiger partial charge < -0.3 is 10.2 Å². The van der Waals surface area contributed by atoms with Crippen molar-refractivity contribution in [2.24, 2.45) is 5.41 Å². The smallest absolute Gasteiger partial charge is 0.257 e. The molecule has 2 fully saturated rings. The fourth-order valence-electron chi connectivity index (χ4n) is 3.27. The number of likely N-dealkylation sites (tertiary alicyclic amines) is 1. The van der Waals surface area contributed by atoms with Crippen LogP contribution in [0.5, 0.6) is 0 Å². The van der Waals surface area contributed by atoms with Gasteiger partial charge in [-0.1, -0.05) is 6.07 Å². The Kier molecular flexibility index (Phi) is 5.28. The molecule has 0 radical (unpaired) electrons. The number of carbonyl (C=O) groups excluding carboxylic acids is 1. The summed E-state index contributed by atoms with van der Waals surface area (Å²) in [6.07, 6.45) is 3.22. The van der Waals surface area contributed by atoms with Gasteiger partial charge in [0.1, 0.15) is 5.82 Å². The summed E-state index contributed by atoms with van der Waals surface area (Å²) in [5.41, 5.74) is 0.525. The molecule has 6 heteroatoms. The van der Waals surface area contributed by atoms with Gasteiger partial charge in [0.25, 0.3) is 5.91 Å². The van der Waals surface area contributed by atoms with E-state index in [1.165, 1.54) is 12.5 Å². The Balaban J connectivity index is 0.00000161. The zero-order valence-corrected chi connectivity index (χ0v) is 14.1. The van der Waals surface area contributed by atoms with Crippen LogP contribution >= 0.6 is 28.3 Å². The first-order valence-electron chi connectivity index (χ1n) is 7.05. The first kappa shape index (κ1) is 16.7. The van der Waals surface area contributed by atoms with E-state index in [1.807, 2.05) is 0 Å². The lowest BCUT2D eigenvalue weighted by atomic mass is 9.78. The molecule has 0 aromatic heterocycles. The molecule has 1 spiro atoms. The molecule has 2 saturated heterocycles. The third kappa shape index (κ3) is 3.25. The molecule has 1 amide bonds. The van der Waals surface area contributed by atoms with Crippen molar-refractivity contribution in [3.8, 4) is 0 Å². The number of nitrogens with zero attached hydrogens (tertiary/aromatic N) is 1. The maximum atomic E-state index is 13.9. The van der Waals surface area contributed by atoms with Crippen LogP contribution in [0.4, 0.5) is 4.39 Å². The number of rotatable bonds is 1. The molecule has 1 N–H and O–H groups in total. The van der Waals surface area contributed by atoms with Crippen molar-refractivity contribution in [2.75, 3.05) is 26.2 Å². The number of nitrogens with one attached hydrogen (secondary N) is 1. The van der Waals surface area contributed by atoms with Crippen molar-refractivity contribution < 1.29 is 9.18 Å². The number of hydrogen-bond acceptors (Lipinski definition) is 2. The maximum absolute atomic E-state index is 13.9. The summed E-state index contributed by atoms with van der Waals surface area (Å²) in [7, 11) is 0. The lowest BCUT2D eigenvalue weighted by Gasteiger charge is -2.39. The summed E-state index contributed by atoms with van der Waals surface area (Å²) in [6, 6.07) is 4.65. The average molecular weight is 378 g/mol. The molecule has 116 valence electrons. The Bertz CT molecular complexity index is 504. The summed E-state index contributed by atoms with van der Waals surface area (Å²) >= 11 is 3.28. The first-order valence-corrected chi connectivity index (χ1v) is 7.85. The highest BCUT2D eigenvalue weighted by Crippen LogP contribution is 2.37. The van der Waals surface area contributed by atoms with Gasteiger partial charge in [-0.15, -0.1) is 12.4 Å². The Labute approximate surface area is 138 Å². The number of halogens is 3. The van der Waals surface area contributed by atoms with Crippen LogP contribution in [0.15, 0.2) is 22.7 Å². The predicted molar refractivity (Wildman–Crippen MR) is 86.4 cm³/mol. The third-order valence-electron chi connectivity index (χ3n) is 4.62. The summed E-state index contributed by atoms with van der Waals surface area (Å²) in [5, 5.41) is 3.41.